The molecule has 1 aliphatic rings. The van der Waals surface area contributed by atoms with Crippen LogP contribution in [-0.4, -0.2) is 60.4 Å². The second-order valence-electron chi connectivity index (χ2n) is 4.91. The molecule has 0 bridgehead atoms. The normalized spacial score (nSPS) is 17.8. The van der Waals surface area contributed by atoms with E-state index in [9.17, 15) is 9.59 Å². The van der Waals surface area contributed by atoms with Crippen molar-refractivity contribution in [1.82, 2.24) is 4.90 Å². The molecule has 104 valence electrons. The zero-order valence-corrected chi connectivity index (χ0v) is 11.1. The molecule has 0 aromatic heterocycles. The van der Waals surface area contributed by atoms with E-state index in [1.165, 1.54) is 7.11 Å². The molecule has 1 rings (SSSR count). The molecule has 0 aliphatic carbocycles. The summed E-state index contributed by atoms with van der Waals surface area (Å²) in [4.78, 5) is 24.2. The van der Waals surface area contributed by atoms with Gasteiger partial charge in [-0.25, -0.2) is 4.79 Å². The highest BCUT2D eigenvalue weighted by molar-refractivity contribution is 5.84. The molecule has 6 nitrogen and oxygen atoms in total. The molecular formula is C12H21NO5. The van der Waals surface area contributed by atoms with Crippen molar-refractivity contribution in [3.8, 4) is 0 Å². The van der Waals surface area contributed by atoms with Crippen LogP contribution in [0.15, 0.2) is 0 Å². The summed E-state index contributed by atoms with van der Waals surface area (Å²) in [5.74, 6) is -1.00. The molecule has 0 saturated carbocycles. The van der Waals surface area contributed by atoms with E-state index in [4.69, 9.17) is 14.6 Å². The highest BCUT2D eigenvalue weighted by Gasteiger charge is 2.34. The van der Waals surface area contributed by atoms with Crippen molar-refractivity contribution in [3.63, 3.8) is 0 Å². The van der Waals surface area contributed by atoms with Crippen molar-refractivity contribution >= 4 is 11.9 Å². The molecular weight excluding hydrogens is 238 g/mol. The third-order valence-corrected chi connectivity index (χ3v) is 3.20. The Hall–Kier alpha value is -1.14. The summed E-state index contributed by atoms with van der Waals surface area (Å²) in [7, 11) is 1.51. The first kappa shape index (κ1) is 14.9. The number of amides is 1. The summed E-state index contributed by atoms with van der Waals surface area (Å²) < 4.78 is 10.4. The third kappa shape index (κ3) is 3.96. The van der Waals surface area contributed by atoms with Crippen LogP contribution in [0.3, 0.4) is 0 Å². The molecule has 0 atom stereocenters. The summed E-state index contributed by atoms with van der Waals surface area (Å²) >= 11 is 0. The predicted molar refractivity (Wildman–Crippen MR) is 64.3 cm³/mol. The lowest BCUT2D eigenvalue weighted by atomic mass is 10.0. The number of carbonyl (C=O) groups excluding carboxylic acids is 1. The van der Waals surface area contributed by atoms with Crippen LogP contribution in [0.5, 0.6) is 0 Å². The summed E-state index contributed by atoms with van der Waals surface area (Å²) in [6, 6.07) is 0. The van der Waals surface area contributed by atoms with Crippen LogP contribution in [0.2, 0.25) is 0 Å². The largest absolute Gasteiger partial charge is 0.480 e. The molecule has 1 heterocycles. The molecule has 0 spiro atoms. The van der Waals surface area contributed by atoms with E-state index in [2.05, 4.69) is 0 Å². The Bertz CT molecular complexity index is 308. The number of rotatable bonds is 5. The summed E-state index contributed by atoms with van der Waals surface area (Å²) in [5, 5.41) is 8.52. The Morgan fingerprint density at radius 3 is 2.33 bits per heavy atom. The lowest BCUT2D eigenvalue weighted by Crippen LogP contribution is -2.50. The maximum atomic E-state index is 12.1. The number of ether oxygens (including phenoxy) is 2. The van der Waals surface area contributed by atoms with Gasteiger partial charge in [-0.1, -0.05) is 0 Å². The van der Waals surface area contributed by atoms with Crippen molar-refractivity contribution < 1.29 is 24.2 Å². The molecule has 0 radical (unpaired) electrons. The Labute approximate surface area is 107 Å². The van der Waals surface area contributed by atoms with Gasteiger partial charge >= 0.3 is 5.97 Å². The molecule has 0 aromatic rings. The number of likely N-dealkylation sites (tertiary alicyclic amines) is 1. The maximum Gasteiger partial charge on any atom is 0.329 e. The molecule has 6 heteroatoms. The number of hydrogen-bond acceptors (Lipinski definition) is 4. The Balaban J connectivity index is 2.39. The van der Waals surface area contributed by atoms with Crippen molar-refractivity contribution in [3.05, 3.63) is 0 Å². The number of hydrogen-bond donors (Lipinski definition) is 1. The van der Waals surface area contributed by atoms with E-state index in [1.807, 2.05) is 0 Å². The van der Waals surface area contributed by atoms with Crippen LogP contribution in [-0.2, 0) is 19.1 Å². The fourth-order valence-electron chi connectivity index (χ4n) is 1.88. The summed E-state index contributed by atoms with van der Waals surface area (Å²) in [6.45, 7) is 4.36. The van der Waals surface area contributed by atoms with Gasteiger partial charge in [-0.3, -0.25) is 4.79 Å². The topological polar surface area (TPSA) is 76.1 Å². The monoisotopic (exact) mass is 259 g/mol. The number of aliphatic carboxylic acids is 1. The van der Waals surface area contributed by atoms with Gasteiger partial charge in [0.05, 0.1) is 6.10 Å². The Kier molecular flexibility index (Phi) is 5.10. The van der Waals surface area contributed by atoms with Crippen LogP contribution in [0, 0.1) is 0 Å². The number of carbonyl (C=O) groups is 2. The second kappa shape index (κ2) is 6.15. The second-order valence-corrected chi connectivity index (χ2v) is 4.91. The van der Waals surface area contributed by atoms with Gasteiger partial charge in [0.15, 0.2) is 0 Å². The van der Waals surface area contributed by atoms with Gasteiger partial charge in [0.25, 0.3) is 5.91 Å². The van der Waals surface area contributed by atoms with Crippen molar-refractivity contribution in [1.29, 1.82) is 0 Å². The van der Waals surface area contributed by atoms with Crippen LogP contribution >= 0.6 is 0 Å². The maximum absolute atomic E-state index is 12.1. The van der Waals surface area contributed by atoms with Crippen LogP contribution in [0.1, 0.15) is 26.7 Å². The quantitative estimate of drug-likeness (QED) is 0.778. The van der Waals surface area contributed by atoms with Gasteiger partial charge in [0, 0.05) is 20.2 Å². The zero-order chi connectivity index (χ0) is 13.8. The van der Waals surface area contributed by atoms with Gasteiger partial charge in [-0.05, 0) is 26.7 Å². The fraction of sp³-hybridized carbons (Fsp3) is 0.833. The number of carboxylic acids is 1. The van der Waals surface area contributed by atoms with Crippen molar-refractivity contribution in [2.75, 3.05) is 26.8 Å². The highest BCUT2D eigenvalue weighted by Crippen LogP contribution is 2.19. The summed E-state index contributed by atoms with van der Waals surface area (Å²) in [5.41, 5.74) is -0.811. The average Bonchev–Trinajstić information content (AvgIpc) is 2.36. The molecule has 1 aliphatic heterocycles. The van der Waals surface area contributed by atoms with E-state index in [1.54, 1.807) is 18.7 Å². The fourth-order valence-corrected chi connectivity index (χ4v) is 1.88. The lowest BCUT2D eigenvalue weighted by Gasteiger charge is -2.36. The first-order valence-electron chi connectivity index (χ1n) is 6.04. The molecule has 18 heavy (non-hydrogen) atoms. The average molecular weight is 259 g/mol. The van der Waals surface area contributed by atoms with Gasteiger partial charge in [0.1, 0.15) is 12.2 Å². The predicted octanol–water partition coefficient (Wildman–Crippen LogP) is 0.504. The van der Waals surface area contributed by atoms with Gasteiger partial charge in [-0.2, -0.15) is 0 Å². The molecule has 0 aromatic carbocycles. The van der Waals surface area contributed by atoms with E-state index in [-0.39, 0.29) is 18.6 Å². The van der Waals surface area contributed by atoms with Gasteiger partial charge < -0.3 is 19.5 Å². The van der Waals surface area contributed by atoms with E-state index < -0.39 is 11.6 Å². The minimum atomic E-state index is -0.964. The molecule has 1 saturated heterocycles. The minimum absolute atomic E-state index is 0.0401. The number of piperidine rings is 1. The lowest BCUT2D eigenvalue weighted by molar-refractivity contribution is -0.155. The highest BCUT2D eigenvalue weighted by atomic mass is 16.5. The number of nitrogens with zero attached hydrogens (tertiary/aromatic N) is 1. The van der Waals surface area contributed by atoms with E-state index >= 15 is 0 Å². The van der Waals surface area contributed by atoms with Gasteiger partial charge in [-0.15, -0.1) is 0 Å². The van der Waals surface area contributed by atoms with Crippen LogP contribution in [0.4, 0.5) is 0 Å². The van der Waals surface area contributed by atoms with E-state index in [0.29, 0.717) is 25.9 Å². The zero-order valence-electron chi connectivity index (χ0n) is 11.1. The van der Waals surface area contributed by atoms with E-state index in [0.717, 1.165) is 0 Å². The Morgan fingerprint density at radius 1 is 1.33 bits per heavy atom. The van der Waals surface area contributed by atoms with Gasteiger partial charge in [0.2, 0.25) is 0 Å². The molecule has 1 fully saturated rings. The standard InChI is InChI=1S/C12H21NO5/c1-12(2,17-3)11(16)13-6-4-9(5-7-13)18-8-10(14)15/h9H,4-8H2,1-3H3,(H,14,15). The molecule has 0 unspecified atom stereocenters. The SMILES string of the molecule is COC(C)(C)C(=O)N1CCC(OCC(=O)O)CC1. The smallest absolute Gasteiger partial charge is 0.329 e. The third-order valence-electron chi connectivity index (χ3n) is 3.20. The number of carboxylic acid groups (broad SMARTS) is 1. The van der Waals surface area contributed by atoms with Crippen molar-refractivity contribution in [2.24, 2.45) is 0 Å². The first-order valence-corrected chi connectivity index (χ1v) is 6.04. The van der Waals surface area contributed by atoms with Crippen LogP contribution in [0.25, 0.3) is 0 Å². The molecule has 1 amide bonds. The van der Waals surface area contributed by atoms with Crippen LogP contribution < -0.4 is 0 Å². The number of methoxy groups -OCH3 is 1. The Morgan fingerprint density at radius 2 is 1.89 bits per heavy atom. The summed E-state index contributed by atoms with van der Waals surface area (Å²) in [6.07, 6.45) is 1.26. The molecule has 1 N–H and O–H groups in total. The van der Waals surface area contributed by atoms with Crippen molar-refractivity contribution in [2.45, 2.75) is 38.4 Å². The minimum Gasteiger partial charge on any atom is -0.480 e. The first-order chi connectivity index (χ1) is 8.36.